The van der Waals surface area contributed by atoms with Crippen molar-refractivity contribution in [3.63, 3.8) is 0 Å². The topological polar surface area (TPSA) is 21.6 Å². The van der Waals surface area contributed by atoms with Gasteiger partial charge in [-0.25, -0.2) is 4.99 Å². The van der Waals surface area contributed by atoms with Crippen LogP contribution >= 0.6 is 15.9 Å². The highest BCUT2D eigenvalue weighted by atomic mass is 79.9. The molecule has 1 heterocycles. The predicted octanol–water partition coefficient (Wildman–Crippen LogP) is 1.74. The summed E-state index contributed by atoms with van der Waals surface area (Å²) in [7, 11) is 0. The number of aliphatic imine (C=N–C) groups is 1. The zero-order valence-corrected chi connectivity index (χ0v) is 6.94. The molecular weight excluding hydrogens is 227 g/mol. The summed E-state index contributed by atoms with van der Waals surface area (Å²) in [6.45, 7) is 0.0834. The Hall–Kier alpha value is -0.260. The van der Waals surface area contributed by atoms with E-state index in [0.29, 0.717) is 5.33 Å². The smallest absolute Gasteiger partial charge is 0.468 e. The van der Waals surface area contributed by atoms with Crippen LogP contribution < -0.4 is 0 Å². The predicted molar refractivity (Wildman–Crippen MR) is 37.0 cm³/mol. The summed E-state index contributed by atoms with van der Waals surface area (Å²) in [5.41, 5.74) is 0. The molecule has 0 amide bonds. The molecule has 2 nitrogen and oxygen atoms in total. The lowest BCUT2D eigenvalue weighted by Gasteiger charge is -2.09. The van der Waals surface area contributed by atoms with Gasteiger partial charge in [0.1, 0.15) is 6.10 Å². The fraction of sp³-hybridized carbons (Fsp3) is 0.800. The second-order valence-corrected chi connectivity index (χ2v) is 2.69. The highest BCUT2D eigenvalue weighted by Gasteiger charge is 2.42. The molecule has 1 aliphatic rings. The molecule has 1 rings (SSSR count). The van der Waals surface area contributed by atoms with Gasteiger partial charge >= 0.3 is 6.18 Å². The van der Waals surface area contributed by atoms with E-state index in [1.54, 1.807) is 0 Å². The molecule has 0 saturated carbocycles. The van der Waals surface area contributed by atoms with Gasteiger partial charge in [0.15, 0.2) is 0 Å². The third-order valence-corrected chi connectivity index (χ3v) is 1.85. The molecule has 0 N–H and O–H groups in total. The van der Waals surface area contributed by atoms with E-state index >= 15 is 0 Å². The summed E-state index contributed by atoms with van der Waals surface area (Å²) in [4.78, 5) is 3.20. The number of nitrogens with zero attached hydrogens (tertiary/aromatic N) is 1. The second kappa shape index (κ2) is 3.00. The van der Waals surface area contributed by atoms with Crippen LogP contribution in [0.5, 0.6) is 0 Å². The Morgan fingerprint density at radius 3 is 2.55 bits per heavy atom. The Morgan fingerprint density at radius 2 is 2.27 bits per heavy atom. The van der Waals surface area contributed by atoms with Crippen molar-refractivity contribution in [1.82, 2.24) is 0 Å². The standard InChI is InChI=1S/C5H5BrF3NO/c6-1-3-2-10-4(11-3)5(7,8)9/h3H,1-2H2. The van der Waals surface area contributed by atoms with Crippen molar-refractivity contribution in [3.05, 3.63) is 0 Å². The van der Waals surface area contributed by atoms with Gasteiger partial charge in [-0.05, 0) is 0 Å². The van der Waals surface area contributed by atoms with Gasteiger partial charge in [-0.2, -0.15) is 13.2 Å². The minimum Gasteiger partial charge on any atom is -0.468 e. The molecule has 6 heteroatoms. The highest BCUT2D eigenvalue weighted by Crippen LogP contribution is 2.23. The average molecular weight is 232 g/mol. The molecule has 1 aliphatic heterocycles. The van der Waals surface area contributed by atoms with Crippen molar-refractivity contribution in [2.75, 3.05) is 11.9 Å². The van der Waals surface area contributed by atoms with Crippen molar-refractivity contribution >= 4 is 21.8 Å². The van der Waals surface area contributed by atoms with Crippen LogP contribution in [0.1, 0.15) is 0 Å². The lowest BCUT2D eigenvalue weighted by Crippen LogP contribution is -2.26. The highest BCUT2D eigenvalue weighted by molar-refractivity contribution is 9.09. The molecule has 0 aromatic heterocycles. The van der Waals surface area contributed by atoms with Crippen LogP contribution in [0.25, 0.3) is 0 Å². The first-order chi connectivity index (χ1) is 5.04. The van der Waals surface area contributed by atoms with E-state index in [0.717, 1.165) is 0 Å². The molecule has 0 aromatic carbocycles. The van der Waals surface area contributed by atoms with Gasteiger partial charge in [-0.3, -0.25) is 0 Å². The van der Waals surface area contributed by atoms with Gasteiger partial charge < -0.3 is 4.74 Å². The Labute approximate surface area is 69.6 Å². The average Bonchev–Trinajstić information content (AvgIpc) is 2.32. The molecule has 64 valence electrons. The normalized spacial score (nSPS) is 24.7. The first-order valence-electron chi connectivity index (χ1n) is 2.88. The van der Waals surface area contributed by atoms with Gasteiger partial charge in [-0.1, -0.05) is 15.9 Å². The number of ether oxygens (including phenoxy) is 1. The van der Waals surface area contributed by atoms with Crippen LogP contribution in [0, 0.1) is 0 Å². The maximum absolute atomic E-state index is 11.8. The zero-order chi connectivity index (χ0) is 8.48. The summed E-state index contributed by atoms with van der Waals surface area (Å²) < 4.78 is 39.9. The van der Waals surface area contributed by atoms with Gasteiger partial charge in [0, 0.05) is 5.33 Å². The van der Waals surface area contributed by atoms with E-state index in [9.17, 15) is 13.2 Å². The Balaban J connectivity index is 2.53. The van der Waals surface area contributed by atoms with Crippen LogP contribution in [-0.2, 0) is 4.74 Å². The molecule has 1 unspecified atom stereocenters. The van der Waals surface area contributed by atoms with E-state index in [2.05, 4.69) is 25.7 Å². The molecule has 0 bridgehead atoms. The summed E-state index contributed by atoms with van der Waals surface area (Å²) in [5.74, 6) is -1.11. The van der Waals surface area contributed by atoms with Crippen molar-refractivity contribution in [1.29, 1.82) is 0 Å². The number of halogens is 4. The summed E-state index contributed by atoms with van der Waals surface area (Å²) >= 11 is 3.00. The van der Waals surface area contributed by atoms with E-state index in [-0.39, 0.29) is 6.54 Å². The third-order valence-electron chi connectivity index (χ3n) is 1.13. The van der Waals surface area contributed by atoms with Crippen molar-refractivity contribution in [2.45, 2.75) is 12.3 Å². The molecule has 0 spiro atoms. The molecule has 0 aromatic rings. The molecule has 0 saturated heterocycles. The summed E-state index contributed by atoms with van der Waals surface area (Å²) in [6.07, 6.45) is -4.90. The van der Waals surface area contributed by atoms with E-state index < -0.39 is 18.2 Å². The molecule has 0 radical (unpaired) electrons. The monoisotopic (exact) mass is 231 g/mol. The Kier molecular flexibility index (Phi) is 2.41. The van der Waals surface area contributed by atoms with Crippen molar-refractivity contribution < 1.29 is 17.9 Å². The summed E-state index contributed by atoms with van der Waals surface area (Å²) in [5, 5.41) is 0.371. The lowest BCUT2D eigenvalue weighted by molar-refractivity contribution is -0.0780. The van der Waals surface area contributed by atoms with Crippen LogP contribution in [0.2, 0.25) is 0 Å². The number of hydrogen-bond donors (Lipinski definition) is 0. The van der Waals surface area contributed by atoms with Gasteiger partial charge in [0.05, 0.1) is 6.54 Å². The van der Waals surface area contributed by atoms with Crippen LogP contribution in [0.15, 0.2) is 4.99 Å². The maximum Gasteiger partial charge on any atom is 0.468 e. The third kappa shape index (κ3) is 2.08. The van der Waals surface area contributed by atoms with Crippen molar-refractivity contribution in [2.24, 2.45) is 4.99 Å². The number of alkyl halides is 4. The Bertz CT molecular complexity index is 179. The van der Waals surface area contributed by atoms with Crippen molar-refractivity contribution in [3.8, 4) is 0 Å². The SMILES string of the molecule is FC(F)(F)C1=NCC(CBr)O1. The van der Waals surface area contributed by atoms with Gasteiger partial charge in [0.25, 0.3) is 5.90 Å². The maximum atomic E-state index is 11.8. The largest absolute Gasteiger partial charge is 0.468 e. The molecule has 1 atom stereocenters. The minimum absolute atomic E-state index is 0.0834. The number of rotatable bonds is 1. The fourth-order valence-electron chi connectivity index (χ4n) is 0.654. The first-order valence-corrected chi connectivity index (χ1v) is 4.00. The lowest BCUT2D eigenvalue weighted by atomic mass is 10.4. The second-order valence-electron chi connectivity index (χ2n) is 2.04. The van der Waals surface area contributed by atoms with Crippen LogP contribution in [0.3, 0.4) is 0 Å². The van der Waals surface area contributed by atoms with Gasteiger partial charge in [-0.15, -0.1) is 0 Å². The molecule has 11 heavy (non-hydrogen) atoms. The number of hydrogen-bond acceptors (Lipinski definition) is 2. The fourth-order valence-corrected chi connectivity index (χ4v) is 0.991. The Morgan fingerprint density at radius 1 is 1.64 bits per heavy atom. The first kappa shape index (κ1) is 8.83. The van der Waals surface area contributed by atoms with Gasteiger partial charge in [0.2, 0.25) is 0 Å². The quantitative estimate of drug-likeness (QED) is 0.631. The van der Waals surface area contributed by atoms with E-state index in [1.807, 2.05) is 0 Å². The molecule has 0 fully saturated rings. The van der Waals surface area contributed by atoms with Crippen LogP contribution in [-0.4, -0.2) is 30.1 Å². The minimum atomic E-state index is -4.43. The van der Waals surface area contributed by atoms with Crippen LogP contribution in [0.4, 0.5) is 13.2 Å². The molecular formula is C5H5BrF3NO. The van der Waals surface area contributed by atoms with E-state index in [4.69, 9.17) is 0 Å². The zero-order valence-electron chi connectivity index (χ0n) is 5.36. The van der Waals surface area contributed by atoms with E-state index in [1.165, 1.54) is 0 Å². The summed E-state index contributed by atoms with van der Waals surface area (Å²) in [6, 6.07) is 0. The molecule has 0 aliphatic carbocycles.